The number of aryl methyl sites for hydroxylation is 1. The van der Waals surface area contributed by atoms with Gasteiger partial charge in [0.25, 0.3) is 0 Å². The molecule has 0 amide bonds. The van der Waals surface area contributed by atoms with Gasteiger partial charge in [-0.3, -0.25) is 9.36 Å². The summed E-state index contributed by atoms with van der Waals surface area (Å²) in [5.74, 6) is 0. The Hall–Kier alpha value is -1.94. The number of fused-ring (bicyclic) bond motifs is 2. The summed E-state index contributed by atoms with van der Waals surface area (Å²) in [7, 11) is 4.18. The van der Waals surface area contributed by atoms with Crippen molar-refractivity contribution in [3.05, 3.63) is 47.9 Å². The van der Waals surface area contributed by atoms with Gasteiger partial charge in [0.1, 0.15) is 6.67 Å². The predicted octanol–water partition coefficient (Wildman–Crippen LogP) is 2.65. The molecular weight excluding hydrogens is 236 g/mol. The summed E-state index contributed by atoms with van der Waals surface area (Å²) in [5.41, 5.74) is 3.92. The van der Waals surface area contributed by atoms with Crippen LogP contribution >= 0.6 is 0 Å². The van der Waals surface area contributed by atoms with Crippen LogP contribution in [0.1, 0.15) is 11.1 Å². The summed E-state index contributed by atoms with van der Waals surface area (Å²) in [6.45, 7) is 4.26. The van der Waals surface area contributed by atoms with Crippen LogP contribution in [0.15, 0.2) is 36.8 Å². The van der Waals surface area contributed by atoms with Crippen LogP contribution in [-0.2, 0) is 13.2 Å². The second kappa shape index (κ2) is 4.63. The predicted molar refractivity (Wildman–Crippen MR) is 78.2 cm³/mol. The number of hydrogen-bond donors (Lipinski definition) is 1. The molecular formula is C15H20N4. The molecule has 4 nitrogen and oxygen atoms in total. The first-order valence-electron chi connectivity index (χ1n) is 6.56. The van der Waals surface area contributed by atoms with E-state index in [9.17, 15) is 0 Å². The third kappa shape index (κ3) is 2.58. The number of nitrogens with one attached hydrogen (secondary N) is 1. The monoisotopic (exact) mass is 256 g/mol. The van der Waals surface area contributed by atoms with Crippen LogP contribution in [0.4, 0.5) is 0 Å². The molecule has 0 radical (unpaired) electrons. The van der Waals surface area contributed by atoms with Gasteiger partial charge < -0.3 is 9.88 Å². The number of H-pyrrole nitrogens is 1. The molecule has 0 saturated carbocycles. The summed E-state index contributed by atoms with van der Waals surface area (Å²) in [6, 6.07) is 6.52. The number of rotatable bonds is 2. The van der Waals surface area contributed by atoms with Crippen LogP contribution in [0.2, 0.25) is 0 Å². The topological polar surface area (TPSA) is 28.9 Å². The third-order valence-corrected chi connectivity index (χ3v) is 3.36. The third-order valence-electron chi connectivity index (χ3n) is 3.36. The van der Waals surface area contributed by atoms with E-state index in [4.69, 9.17) is 0 Å². The standard InChI is InChI=1S/C12H16N2.C3H4N2/c1-9-4-5-12-11(6-9)10(7-13-12)8-14(2)3;1-2-5-3-4(1)5/h4-7,13H,8H2,1-3H3;1-2H,3H2. The lowest BCUT2D eigenvalue weighted by molar-refractivity contribution is 0.404. The summed E-state index contributed by atoms with van der Waals surface area (Å²) in [4.78, 5) is 5.48. The minimum absolute atomic E-state index is 0.990. The van der Waals surface area contributed by atoms with E-state index in [2.05, 4.69) is 77.1 Å². The molecule has 100 valence electrons. The minimum Gasteiger partial charge on any atom is -0.361 e. The molecule has 0 spiro atoms. The fraction of sp³-hybridized carbons (Fsp3) is 0.333. The van der Waals surface area contributed by atoms with Gasteiger partial charge in [-0.25, -0.2) is 0 Å². The highest BCUT2D eigenvalue weighted by Gasteiger charge is 2.10. The van der Waals surface area contributed by atoms with Crippen molar-refractivity contribution >= 4 is 10.9 Å². The molecule has 4 heteroatoms. The van der Waals surface area contributed by atoms with Gasteiger partial charge in [-0.1, -0.05) is 11.6 Å². The van der Waals surface area contributed by atoms with Crippen molar-refractivity contribution in [1.82, 2.24) is 19.2 Å². The number of aromatic nitrogens is 3. The van der Waals surface area contributed by atoms with E-state index in [0.29, 0.717) is 0 Å². The first-order valence-corrected chi connectivity index (χ1v) is 6.56. The summed E-state index contributed by atoms with van der Waals surface area (Å²) in [5, 5.41) is 1.35. The van der Waals surface area contributed by atoms with E-state index in [1.165, 1.54) is 22.0 Å². The van der Waals surface area contributed by atoms with Crippen LogP contribution in [-0.4, -0.2) is 33.3 Å². The minimum atomic E-state index is 0.990. The van der Waals surface area contributed by atoms with Crippen LogP contribution in [0, 0.1) is 6.92 Å². The van der Waals surface area contributed by atoms with Crippen molar-refractivity contribution in [1.29, 1.82) is 0 Å². The van der Waals surface area contributed by atoms with Gasteiger partial charge in [-0.15, -0.1) is 0 Å². The molecule has 3 heterocycles. The van der Waals surface area contributed by atoms with E-state index in [0.717, 1.165) is 13.2 Å². The number of aromatic amines is 1. The quantitative estimate of drug-likeness (QED) is 0.587. The Morgan fingerprint density at radius 1 is 1.21 bits per heavy atom. The second-order valence-corrected chi connectivity index (χ2v) is 5.42. The van der Waals surface area contributed by atoms with Gasteiger partial charge in [-0.05, 0) is 38.7 Å². The lowest BCUT2D eigenvalue weighted by atomic mass is 10.1. The lowest BCUT2D eigenvalue weighted by Gasteiger charge is -2.07. The molecule has 0 bridgehead atoms. The summed E-state index contributed by atoms with van der Waals surface area (Å²) >= 11 is 0. The van der Waals surface area contributed by atoms with Crippen molar-refractivity contribution in [2.24, 2.45) is 0 Å². The molecule has 1 aliphatic heterocycles. The Morgan fingerprint density at radius 2 is 1.95 bits per heavy atom. The Kier molecular flexibility index (Phi) is 2.95. The smallest absolute Gasteiger partial charge is 0.129 e. The fourth-order valence-electron chi connectivity index (χ4n) is 2.23. The average molecular weight is 256 g/mol. The molecule has 0 saturated heterocycles. The van der Waals surface area contributed by atoms with Gasteiger partial charge in [0.2, 0.25) is 0 Å². The highest BCUT2D eigenvalue weighted by molar-refractivity contribution is 5.83. The van der Waals surface area contributed by atoms with E-state index >= 15 is 0 Å². The van der Waals surface area contributed by atoms with Crippen LogP contribution < -0.4 is 0 Å². The van der Waals surface area contributed by atoms with Gasteiger partial charge in [0, 0.05) is 36.0 Å². The van der Waals surface area contributed by atoms with E-state index in [-0.39, 0.29) is 0 Å². The Labute approximate surface area is 113 Å². The molecule has 1 N–H and O–H groups in total. The van der Waals surface area contributed by atoms with Crippen molar-refractivity contribution in [2.45, 2.75) is 20.1 Å². The molecule has 2 aromatic heterocycles. The molecule has 1 aromatic carbocycles. The second-order valence-electron chi connectivity index (χ2n) is 5.42. The van der Waals surface area contributed by atoms with Crippen LogP contribution in [0.3, 0.4) is 0 Å². The van der Waals surface area contributed by atoms with Gasteiger partial charge in [-0.2, -0.15) is 0 Å². The van der Waals surface area contributed by atoms with Gasteiger partial charge in [0.15, 0.2) is 0 Å². The first kappa shape index (κ1) is 12.1. The van der Waals surface area contributed by atoms with Crippen molar-refractivity contribution in [3.8, 4) is 0 Å². The maximum absolute atomic E-state index is 3.29. The zero-order valence-corrected chi connectivity index (χ0v) is 11.7. The summed E-state index contributed by atoms with van der Waals surface area (Å²) in [6.07, 6.45) is 6.21. The SMILES string of the molecule is Cc1ccc2[nH]cc(CN(C)C)c2c1.c1cn2n1C2. The average Bonchev–Trinajstić information content (AvgIpc) is 2.76. The maximum Gasteiger partial charge on any atom is 0.129 e. The highest BCUT2D eigenvalue weighted by Crippen LogP contribution is 2.20. The van der Waals surface area contributed by atoms with E-state index < -0.39 is 0 Å². The molecule has 19 heavy (non-hydrogen) atoms. The molecule has 0 unspecified atom stereocenters. The van der Waals surface area contributed by atoms with Gasteiger partial charge >= 0.3 is 0 Å². The van der Waals surface area contributed by atoms with Crippen molar-refractivity contribution in [3.63, 3.8) is 0 Å². The zero-order valence-electron chi connectivity index (χ0n) is 11.7. The number of hydrogen-bond acceptors (Lipinski definition) is 1. The Morgan fingerprint density at radius 3 is 2.47 bits per heavy atom. The molecule has 1 aliphatic rings. The number of benzene rings is 1. The number of nitrogens with zero attached hydrogens (tertiary/aromatic N) is 3. The molecule has 0 aliphatic carbocycles. The Bertz CT molecular complexity index is 668. The maximum atomic E-state index is 3.29. The van der Waals surface area contributed by atoms with Crippen LogP contribution in [0.5, 0.6) is 0 Å². The summed E-state index contributed by atoms with van der Waals surface area (Å²) < 4.78 is 4.25. The van der Waals surface area contributed by atoms with Crippen LogP contribution in [0.25, 0.3) is 10.9 Å². The molecule has 4 rings (SSSR count). The highest BCUT2D eigenvalue weighted by atomic mass is 15.6. The van der Waals surface area contributed by atoms with Gasteiger partial charge in [0.05, 0.1) is 0 Å². The van der Waals surface area contributed by atoms with E-state index in [1.54, 1.807) is 0 Å². The Balaban J connectivity index is 0.000000180. The molecule has 3 aromatic rings. The van der Waals surface area contributed by atoms with E-state index in [1.807, 2.05) is 0 Å². The first-order chi connectivity index (χ1) is 9.13. The zero-order chi connectivity index (χ0) is 13.4. The van der Waals surface area contributed by atoms with Crippen molar-refractivity contribution < 1.29 is 0 Å². The lowest BCUT2D eigenvalue weighted by Crippen LogP contribution is -2.10. The largest absolute Gasteiger partial charge is 0.361 e. The fourth-order valence-corrected chi connectivity index (χ4v) is 2.23. The molecule has 0 atom stereocenters. The molecule has 0 fully saturated rings. The normalized spacial score (nSPS) is 12.4. The van der Waals surface area contributed by atoms with Crippen molar-refractivity contribution in [2.75, 3.05) is 14.1 Å².